The minimum atomic E-state index is -4.22. The van der Waals surface area contributed by atoms with Crippen molar-refractivity contribution in [3.8, 4) is 0 Å². The first-order valence-electron chi connectivity index (χ1n) is 4.61. The molecule has 0 atom stereocenters. The van der Waals surface area contributed by atoms with E-state index in [9.17, 15) is 13.2 Å². The van der Waals surface area contributed by atoms with Crippen LogP contribution in [0.5, 0.6) is 0 Å². The fraction of sp³-hybridized carbons (Fsp3) is 1.00. The number of hydrogen-bond donors (Lipinski definition) is 1. The second-order valence-corrected chi connectivity index (χ2v) is 4.14. The van der Waals surface area contributed by atoms with Crippen molar-refractivity contribution in [2.75, 3.05) is 19.8 Å². The average molecular weight is 213 g/mol. The molecular weight excluding hydrogens is 195 g/mol. The van der Waals surface area contributed by atoms with Gasteiger partial charge in [0, 0.05) is 6.61 Å². The van der Waals surface area contributed by atoms with Crippen molar-refractivity contribution in [3.63, 3.8) is 0 Å². The molecule has 0 saturated carbocycles. The monoisotopic (exact) mass is 213 g/mol. The Bertz CT molecular complexity index is 157. The lowest BCUT2D eigenvalue weighted by atomic mass is 9.88. The summed E-state index contributed by atoms with van der Waals surface area (Å²) in [7, 11) is 0. The molecule has 2 N–H and O–H groups in total. The number of ether oxygens (including phenoxy) is 1. The van der Waals surface area contributed by atoms with Crippen LogP contribution in [0.25, 0.3) is 0 Å². The van der Waals surface area contributed by atoms with Gasteiger partial charge >= 0.3 is 6.18 Å². The van der Waals surface area contributed by atoms with Gasteiger partial charge in [-0.1, -0.05) is 13.8 Å². The summed E-state index contributed by atoms with van der Waals surface area (Å²) in [5.41, 5.74) is 5.46. The minimum absolute atomic E-state index is 0.0123. The van der Waals surface area contributed by atoms with Crippen molar-refractivity contribution in [3.05, 3.63) is 0 Å². The predicted octanol–water partition coefficient (Wildman–Crippen LogP) is 2.33. The standard InChI is InChI=1S/C9H18F3NO/c1-8(2,6-13)4-3-5-14-7-9(10,11)12/h3-7,13H2,1-2H3. The van der Waals surface area contributed by atoms with Crippen molar-refractivity contribution >= 4 is 0 Å². The fourth-order valence-corrected chi connectivity index (χ4v) is 0.943. The van der Waals surface area contributed by atoms with Crippen molar-refractivity contribution in [2.24, 2.45) is 11.1 Å². The van der Waals surface area contributed by atoms with Crippen LogP contribution in [0, 0.1) is 5.41 Å². The first-order valence-corrected chi connectivity index (χ1v) is 4.61. The van der Waals surface area contributed by atoms with Crippen LogP contribution in [0.3, 0.4) is 0 Å². The van der Waals surface area contributed by atoms with Gasteiger partial charge in [0.25, 0.3) is 0 Å². The van der Waals surface area contributed by atoms with E-state index in [-0.39, 0.29) is 12.0 Å². The summed E-state index contributed by atoms with van der Waals surface area (Å²) in [4.78, 5) is 0. The third kappa shape index (κ3) is 8.31. The lowest BCUT2D eigenvalue weighted by molar-refractivity contribution is -0.174. The van der Waals surface area contributed by atoms with Gasteiger partial charge in [-0.25, -0.2) is 0 Å². The molecule has 0 aromatic carbocycles. The van der Waals surface area contributed by atoms with Crippen molar-refractivity contribution in [1.82, 2.24) is 0 Å². The fourth-order valence-electron chi connectivity index (χ4n) is 0.943. The van der Waals surface area contributed by atoms with E-state index < -0.39 is 12.8 Å². The molecule has 0 bridgehead atoms. The Hall–Kier alpha value is -0.290. The topological polar surface area (TPSA) is 35.2 Å². The average Bonchev–Trinajstić information content (AvgIpc) is 2.01. The van der Waals surface area contributed by atoms with Crippen molar-refractivity contribution < 1.29 is 17.9 Å². The maximum atomic E-state index is 11.6. The molecule has 0 fully saturated rings. The van der Waals surface area contributed by atoms with Gasteiger partial charge in [0.05, 0.1) is 0 Å². The molecule has 0 radical (unpaired) electrons. The van der Waals surface area contributed by atoms with Crippen LogP contribution >= 0.6 is 0 Å². The number of alkyl halides is 3. The van der Waals surface area contributed by atoms with Crippen LogP contribution < -0.4 is 5.73 Å². The van der Waals surface area contributed by atoms with Crippen LogP contribution in [0.15, 0.2) is 0 Å². The van der Waals surface area contributed by atoms with Gasteiger partial charge in [-0.2, -0.15) is 13.2 Å². The molecule has 0 aliphatic carbocycles. The number of rotatable bonds is 6. The summed E-state index contributed by atoms with van der Waals surface area (Å²) in [6.07, 6.45) is -2.83. The highest BCUT2D eigenvalue weighted by Gasteiger charge is 2.27. The van der Waals surface area contributed by atoms with Crippen LogP contribution in [-0.4, -0.2) is 25.9 Å². The molecule has 0 aromatic rings. The second-order valence-electron chi connectivity index (χ2n) is 4.14. The molecule has 14 heavy (non-hydrogen) atoms. The van der Waals surface area contributed by atoms with E-state index in [1.165, 1.54) is 0 Å². The second kappa shape index (κ2) is 5.56. The van der Waals surface area contributed by atoms with Crippen LogP contribution in [0.1, 0.15) is 26.7 Å². The van der Waals surface area contributed by atoms with E-state index in [0.29, 0.717) is 13.0 Å². The first-order chi connectivity index (χ1) is 6.27. The maximum absolute atomic E-state index is 11.6. The van der Waals surface area contributed by atoms with Gasteiger partial charge in [0.1, 0.15) is 6.61 Å². The molecule has 0 heterocycles. The van der Waals surface area contributed by atoms with Crippen molar-refractivity contribution in [1.29, 1.82) is 0 Å². The largest absolute Gasteiger partial charge is 0.411 e. The highest BCUT2D eigenvalue weighted by atomic mass is 19.4. The lowest BCUT2D eigenvalue weighted by Gasteiger charge is -2.21. The van der Waals surface area contributed by atoms with Gasteiger partial charge < -0.3 is 10.5 Å². The zero-order valence-corrected chi connectivity index (χ0v) is 8.66. The Morgan fingerprint density at radius 3 is 2.21 bits per heavy atom. The van der Waals surface area contributed by atoms with Gasteiger partial charge in [-0.3, -0.25) is 0 Å². The Balaban J connectivity index is 3.39. The van der Waals surface area contributed by atoms with Crippen LogP contribution in [-0.2, 0) is 4.74 Å². The molecule has 0 aromatic heterocycles. The smallest absolute Gasteiger partial charge is 0.372 e. The van der Waals surface area contributed by atoms with E-state index in [1.807, 2.05) is 13.8 Å². The normalized spacial score (nSPS) is 13.3. The summed E-state index contributed by atoms with van der Waals surface area (Å²) >= 11 is 0. The van der Waals surface area contributed by atoms with E-state index in [0.717, 1.165) is 6.42 Å². The van der Waals surface area contributed by atoms with E-state index >= 15 is 0 Å². The summed E-state index contributed by atoms with van der Waals surface area (Å²) in [6, 6.07) is 0. The first kappa shape index (κ1) is 13.7. The zero-order valence-electron chi connectivity index (χ0n) is 8.66. The SMILES string of the molecule is CC(C)(CN)CCCOCC(F)(F)F. The van der Waals surface area contributed by atoms with Gasteiger partial charge in [-0.15, -0.1) is 0 Å². The Morgan fingerprint density at radius 1 is 1.21 bits per heavy atom. The van der Waals surface area contributed by atoms with E-state index in [2.05, 4.69) is 4.74 Å². The van der Waals surface area contributed by atoms with Crippen molar-refractivity contribution in [2.45, 2.75) is 32.9 Å². The summed E-state index contributed by atoms with van der Waals surface area (Å²) in [6.45, 7) is 3.48. The Labute approximate surface area is 82.6 Å². The predicted molar refractivity (Wildman–Crippen MR) is 48.9 cm³/mol. The molecule has 0 saturated heterocycles. The summed E-state index contributed by atoms with van der Waals surface area (Å²) in [5.74, 6) is 0. The molecule has 0 rings (SSSR count). The third-order valence-corrected chi connectivity index (χ3v) is 1.96. The highest BCUT2D eigenvalue weighted by Crippen LogP contribution is 2.20. The summed E-state index contributed by atoms with van der Waals surface area (Å²) < 4.78 is 39.4. The van der Waals surface area contributed by atoms with Crippen LogP contribution in [0.4, 0.5) is 13.2 Å². The Kier molecular flexibility index (Phi) is 5.44. The van der Waals surface area contributed by atoms with Gasteiger partial charge in [0.2, 0.25) is 0 Å². The zero-order chi connectivity index (χ0) is 11.2. The Morgan fingerprint density at radius 2 is 1.79 bits per heavy atom. The van der Waals surface area contributed by atoms with E-state index in [1.54, 1.807) is 0 Å². The molecule has 0 aliphatic rings. The molecule has 5 heteroatoms. The summed E-state index contributed by atoms with van der Waals surface area (Å²) in [5, 5.41) is 0. The number of hydrogen-bond acceptors (Lipinski definition) is 2. The lowest BCUT2D eigenvalue weighted by Crippen LogP contribution is -2.24. The third-order valence-electron chi connectivity index (χ3n) is 1.96. The number of nitrogens with two attached hydrogens (primary N) is 1. The molecule has 0 spiro atoms. The molecule has 2 nitrogen and oxygen atoms in total. The molecule has 86 valence electrons. The maximum Gasteiger partial charge on any atom is 0.411 e. The number of halogens is 3. The van der Waals surface area contributed by atoms with Crippen LogP contribution in [0.2, 0.25) is 0 Å². The molecule has 0 amide bonds. The van der Waals surface area contributed by atoms with E-state index in [4.69, 9.17) is 5.73 Å². The quantitative estimate of drug-likeness (QED) is 0.687. The molecule has 0 aliphatic heterocycles. The van der Waals surface area contributed by atoms with Gasteiger partial charge in [0.15, 0.2) is 0 Å². The molecular formula is C9H18F3NO. The molecule has 0 unspecified atom stereocenters. The highest BCUT2D eigenvalue weighted by molar-refractivity contribution is 4.68. The minimum Gasteiger partial charge on any atom is -0.372 e. The van der Waals surface area contributed by atoms with Gasteiger partial charge in [-0.05, 0) is 24.8 Å².